The summed E-state index contributed by atoms with van der Waals surface area (Å²) in [5.41, 5.74) is 3.46. The fraction of sp³-hybridized carbons (Fsp3) is 0.628. The Morgan fingerprint density at radius 3 is 2.65 bits per heavy atom. The molecule has 2 aliphatic carbocycles. The van der Waals surface area contributed by atoms with Gasteiger partial charge in [0.1, 0.15) is 28.4 Å². The number of rotatable bonds is 3. The van der Waals surface area contributed by atoms with Gasteiger partial charge in [0.2, 0.25) is 0 Å². The molecule has 3 fully saturated rings. The Kier molecular flexibility index (Phi) is 12.3. The average molecular weight is 795 g/mol. The van der Waals surface area contributed by atoms with Crippen molar-refractivity contribution >= 4 is 40.1 Å². The number of benzene rings is 2. The highest BCUT2D eigenvalue weighted by Gasteiger charge is 2.50. The van der Waals surface area contributed by atoms with Crippen molar-refractivity contribution in [2.24, 2.45) is 17.8 Å². The molecule has 1 saturated carbocycles. The molecule has 2 saturated heterocycles. The lowest BCUT2D eigenvalue weighted by molar-refractivity contribution is -0.164. The largest absolute Gasteiger partial charge is 0.490 e. The Balaban J connectivity index is 0.00000229. The molecule has 7 unspecified atom stereocenters. The maximum atomic E-state index is 13.6. The predicted molar refractivity (Wildman–Crippen MR) is 218 cm³/mol. The van der Waals surface area contributed by atoms with Crippen molar-refractivity contribution < 1.29 is 28.0 Å². The first-order valence-corrected chi connectivity index (χ1v) is 22.1. The van der Waals surface area contributed by atoms with Crippen molar-refractivity contribution in [2.45, 2.75) is 87.7 Å². The van der Waals surface area contributed by atoms with Gasteiger partial charge in [-0.05, 0) is 99.5 Å². The molecule has 2 aromatic rings. The number of allylic oxidation sites excluding steroid dienone is 1. The summed E-state index contributed by atoms with van der Waals surface area (Å²) < 4.78 is 35.7. The molecule has 9 atom stereocenters. The minimum atomic E-state index is -1.57. The minimum absolute atomic E-state index is 0.0390. The molecule has 2 amide bonds. The number of carbonyl (C=O) groups is 2. The standard InChI is InChI=1S/C42H56N4O6S.CH3Cl/c1-28-9-7-18-42(50-4,26-44-19-20-46-34(23-44)24-51-29(2)40(46)48)36-15-13-33(36)22-45-25-41(17-8-11-31-10-5-6-12-35(31)41)27-52-38-16-14-32(21-37(38)45)39(47)43-53(49)30(28)3;1-2/h5-7,10,12,14,16,18,21,28-30,33-34,36H,8-9,11,13,15,17,19-20,22-27H2,1-4H3,(H,43,47);1H3/b18-7+;/t28?,29?,30?,33?,34?,36?,41-,42-,53?;/m0./s1. The SMILES string of the molecule is CCl.CO[C@]1(CN2CCN3C(=O)C(C)OCC3C2)/C=C/CC(C)C(C)S(=O)NC(=O)c2ccc3c(c2)N(CC2CCC21)C[C@@]1(CCCc2ccccc21)CO3. The average Bonchev–Trinajstić information content (AvgIpc) is 3.34. The van der Waals surface area contributed by atoms with Crippen molar-refractivity contribution in [1.82, 2.24) is 14.5 Å². The van der Waals surface area contributed by atoms with Crippen LogP contribution in [0.4, 0.5) is 5.69 Å². The van der Waals surface area contributed by atoms with E-state index in [0.717, 1.165) is 76.3 Å². The summed E-state index contributed by atoms with van der Waals surface area (Å²) in [5.74, 6) is 1.22. The topological polar surface area (TPSA) is 101 Å². The van der Waals surface area contributed by atoms with Gasteiger partial charge in [0, 0.05) is 63.7 Å². The van der Waals surface area contributed by atoms with Crippen LogP contribution >= 0.6 is 11.6 Å². The van der Waals surface area contributed by atoms with Gasteiger partial charge in [-0.2, -0.15) is 0 Å². The summed E-state index contributed by atoms with van der Waals surface area (Å²) in [5, 5.41) is -0.254. The molecule has 12 heteroatoms. The first-order valence-electron chi connectivity index (χ1n) is 20.2. The third kappa shape index (κ3) is 7.85. The first-order chi connectivity index (χ1) is 26.6. The van der Waals surface area contributed by atoms with Gasteiger partial charge in [-0.3, -0.25) is 19.2 Å². The van der Waals surface area contributed by atoms with Gasteiger partial charge in [0.25, 0.3) is 11.8 Å². The van der Waals surface area contributed by atoms with E-state index in [-0.39, 0.29) is 46.5 Å². The van der Waals surface area contributed by atoms with E-state index in [1.54, 1.807) is 0 Å². The molecule has 2 aromatic carbocycles. The van der Waals surface area contributed by atoms with Gasteiger partial charge in [-0.15, -0.1) is 11.6 Å². The number of nitrogens with one attached hydrogen (secondary N) is 1. The number of piperazine rings is 1. The maximum Gasteiger partial charge on any atom is 0.263 e. The molecule has 6 aliphatic rings. The van der Waals surface area contributed by atoms with E-state index in [2.05, 4.69) is 69.5 Å². The molecule has 4 heterocycles. The number of amides is 2. The van der Waals surface area contributed by atoms with Crippen LogP contribution in [0.15, 0.2) is 54.6 Å². The molecule has 2 bridgehead atoms. The third-order valence-electron chi connectivity index (χ3n) is 13.6. The Morgan fingerprint density at radius 1 is 1.05 bits per heavy atom. The molecule has 1 spiro atoms. The van der Waals surface area contributed by atoms with Crippen LogP contribution in [0.3, 0.4) is 0 Å². The second-order valence-corrected chi connectivity index (χ2v) is 18.2. The van der Waals surface area contributed by atoms with E-state index in [9.17, 15) is 13.8 Å². The smallest absolute Gasteiger partial charge is 0.263 e. The molecule has 10 nitrogen and oxygen atoms in total. The molecule has 0 radical (unpaired) electrons. The summed E-state index contributed by atoms with van der Waals surface area (Å²) in [6.07, 6.45) is 11.7. The summed E-state index contributed by atoms with van der Waals surface area (Å²) in [6, 6.07) is 14.6. The van der Waals surface area contributed by atoms with Crippen LogP contribution in [0, 0.1) is 17.8 Å². The molecule has 300 valence electrons. The van der Waals surface area contributed by atoms with Crippen LogP contribution in [0.1, 0.15) is 74.4 Å². The molecular weight excluding hydrogens is 736 g/mol. The number of alkyl halides is 1. The zero-order valence-corrected chi connectivity index (χ0v) is 34.7. The number of carbonyl (C=O) groups excluding carboxylic acids is 2. The number of halogens is 1. The number of nitrogens with zero attached hydrogens (tertiary/aromatic N) is 3. The fourth-order valence-electron chi connectivity index (χ4n) is 10.0. The van der Waals surface area contributed by atoms with Crippen molar-refractivity contribution in [1.29, 1.82) is 0 Å². The van der Waals surface area contributed by atoms with Crippen molar-refractivity contribution in [3.63, 3.8) is 0 Å². The van der Waals surface area contributed by atoms with Crippen molar-refractivity contribution in [3.05, 3.63) is 71.3 Å². The highest BCUT2D eigenvalue weighted by molar-refractivity contribution is 7.84. The number of ether oxygens (including phenoxy) is 3. The Bertz CT molecular complexity index is 1780. The number of methoxy groups -OCH3 is 1. The van der Waals surface area contributed by atoms with E-state index in [0.29, 0.717) is 37.7 Å². The number of anilines is 1. The normalized spacial score (nSPS) is 35.7. The zero-order chi connectivity index (χ0) is 38.9. The second kappa shape index (κ2) is 16.9. The summed E-state index contributed by atoms with van der Waals surface area (Å²) in [7, 11) is 0.290. The summed E-state index contributed by atoms with van der Waals surface area (Å²) in [6.45, 7) is 11.6. The van der Waals surface area contributed by atoms with Crippen LogP contribution in [-0.2, 0) is 37.1 Å². The summed E-state index contributed by atoms with van der Waals surface area (Å²) in [4.78, 5) is 33.6. The minimum Gasteiger partial charge on any atom is -0.490 e. The summed E-state index contributed by atoms with van der Waals surface area (Å²) >= 11 is 4.64. The van der Waals surface area contributed by atoms with Crippen LogP contribution in [0.25, 0.3) is 0 Å². The molecule has 0 aromatic heterocycles. The molecular formula is C43H59ClN4O6S. The quantitative estimate of drug-likeness (QED) is 0.311. The molecule has 55 heavy (non-hydrogen) atoms. The third-order valence-corrected chi connectivity index (χ3v) is 15.1. The van der Waals surface area contributed by atoms with Crippen molar-refractivity contribution in [3.8, 4) is 5.75 Å². The van der Waals surface area contributed by atoms with Gasteiger partial charge < -0.3 is 24.0 Å². The van der Waals surface area contributed by atoms with E-state index < -0.39 is 16.6 Å². The van der Waals surface area contributed by atoms with Gasteiger partial charge in [-0.1, -0.05) is 43.3 Å². The molecule has 4 aliphatic heterocycles. The van der Waals surface area contributed by atoms with Gasteiger partial charge >= 0.3 is 0 Å². The Morgan fingerprint density at radius 2 is 1.87 bits per heavy atom. The lowest BCUT2D eigenvalue weighted by Gasteiger charge is -2.53. The van der Waals surface area contributed by atoms with E-state index in [4.69, 9.17) is 14.2 Å². The fourth-order valence-corrected chi connectivity index (χ4v) is 11.1. The van der Waals surface area contributed by atoms with Crippen molar-refractivity contribution in [2.75, 3.05) is 70.9 Å². The predicted octanol–water partition coefficient (Wildman–Crippen LogP) is 5.74. The number of hydrogen-bond donors (Lipinski definition) is 1. The zero-order valence-electron chi connectivity index (χ0n) is 33.1. The van der Waals surface area contributed by atoms with Gasteiger partial charge in [0.15, 0.2) is 0 Å². The lowest BCUT2D eigenvalue weighted by atomic mass is 9.63. The molecule has 1 N–H and O–H groups in total. The van der Waals surface area contributed by atoms with Crippen LogP contribution < -0.4 is 14.4 Å². The monoisotopic (exact) mass is 794 g/mol. The van der Waals surface area contributed by atoms with Gasteiger partial charge in [0.05, 0.1) is 30.2 Å². The van der Waals surface area contributed by atoms with Gasteiger partial charge in [-0.25, -0.2) is 4.21 Å². The molecule has 8 rings (SSSR count). The number of fused-ring (bicyclic) bond motifs is 5. The maximum absolute atomic E-state index is 13.6. The second-order valence-electron chi connectivity index (χ2n) is 16.7. The van der Waals surface area contributed by atoms with E-state index in [1.807, 2.05) is 44.1 Å². The number of morpholine rings is 1. The van der Waals surface area contributed by atoms with E-state index >= 15 is 0 Å². The van der Waals surface area contributed by atoms with Crippen LogP contribution in [0.2, 0.25) is 0 Å². The lowest BCUT2D eigenvalue weighted by Crippen LogP contribution is -2.65. The van der Waals surface area contributed by atoms with Crippen LogP contribution in [0.5, 0.6) is 5.75 Å². The Labute approximate surface area is 334 Å². The number of aryl methyl sites for hydroxylation is 1. The highest BCUT2D eigenvalue weighted by atomic mass is 35.5. The van der Waals surface area contributed by atoms with E-state index in [1.165, 1.54) is 17.5 Å². The Hall–Kier alpha value is -2.96. The highest BCUT2D eigenvalue weighted by Crippen LogP contribution is 2.49. The first kappa shape index (κ1) is 40.2. The number of hydrogen-bond acceptors (Lipinski definition) is 8. The van der Waals surface area contributed by atoms with Crippen LogP contribution in [-0.4, -0.2) is 115 Å².